The van der Waals surface area contributed by atoms with Gasteiger partial charge in [-0.15, -0.1) is 0 Å². The van der Waals surface area contributed by atoms with Gasteiger partial charge in [-0.05, 0) is 17.7 Å². The van der Waals surface area contributed by atoms with Crippen LogP contribution in [0.2, 0.25) is 0 Å². The van der Waals surface area contributed by atoms with Gasteiger partial charge in [0.05, 0.1) is 5.52 Å². The van der Waals surface area contributed by atoms with E-state index in [2.05, 4.69) is 77.8 Å². The molecule has 4 aromatic carbocycles. The molecular formula is C24H15NO. The molecule has 0 aliphatic carbocycles. The number of benzene rings is 4. The van der Waals surface area contributed by atoms with E-state index in [-0.39, 0.29) is 0 Å². The molecule has 0 amide bonds. The quantitative estimate of drug-likeness (QED) is 0.349. The molecule has 1 N–H and O–H groups in total. The summed E-state index contributed by atoms with van der Waals surface area (Å²) in [4.78, 5) is 3.56. The molecule has 6 aromatic rings. The second kappa shape index (κ2) is 4.99. The Morgan fingerprint density at radius 3 is 2.19 bits per heavy atom. The van der Waals surface area contributed by atoms with Gasteiger partial charge < -0.3 is 9.40 Å². The number of hydrogen-bond acceptors (Lipinski definition) is 1. The summed E-state index contributed by atoms with van der Waals surface area (Å²) in [6.45, 7) is 0. The van der Waals surface area contributed by atoms with E-state index < -0.39 is 0 Å². The first-order chi connectivity index (χ1) is 12.9. The highest BCUT2D eigenvalue weighted by molar-refractivity contribution is 6.26. The van der Waals surface area contributed by atoms with Crippen LogP contribution in [-0.2, 0) is 0 Å². The zero-order valence-electron chi connectivity index (χ0n) is 14.0. The molecule has 0 aliphatic heterocycles. The first-order valence-electron chi connectivity index (χ1n) is 8.80. The molecule has 6 rings (SSSR count). The van der Waals surface area contributed by atoms with Gasteiger partial charge in [0, 0.05) is 38.7 Å². The number of fused-ring (bicyclic) bond motifs is 6. The fraction of sp³-hybridized carbons (Fsp3) is 0. The maximum absolute atomic E-state index is 6.20. The Labute approximate surface area is 149 Å². The molecule has 0 saturated heterocycles. The maximum atomic E-state index is 6.20. The van der Waals surface area contributed by atoms with Crippen molar-refractivity contribution >= 4 is 43.7 Å². The standard InChI is InChI=1S/C24H15NO/c1-2-8-15(9-3-1)22-23-16-10-4-6-12-18(16)25-19(23)14-21-24(22)17-11-5-7-13-20(17)26-21/h1-14,25H. The third-order valence-electron chi connectivity index (χ3n) is 5.20. The van der Waals surface area contributed by atoms with Crippen LogP contribution in [0.4, 0.5) is 0 Å². The van der Waals surface area contributed by atoms with Gasteiger partial charge in [0.1, 0.15) is 11.2 Å². The second-order valence-electron chi connectivity index (χ2n) is 6.68. The Morgan fingerprint density at radius 1 is 0.577 bits per heavy atom. The van der Waals surface area contributed by atoms with E-state index in [1.807, 2.05) is 12.1 Å². The lowest BCUT2D eigenvalue weighted by Crippen LogP contribution is -1.82. The van der Waals surface area contributed by atoms with E-state index >= 15 is 0 Å². The number of H-pyrrole nitrogens is 1. The number of aromatic nitrogens is 1. The van der Waals surface area contributed by atoms with Crippen LogP contribution in [0.3, 0.4) is 0 Å². The Kier molecular flexibility index (Phi) is 2.64. The summed E-state index contributed by atoms with van der Waals surface area (Å²) in [7, 11) is 0. The summed E-state index contributed by atoms with van der Waals surface area (Å²) < 4.78 is 6.20. The zero-order chi connectivity index (χ0) is 17.1. The lowest BCUT2D eigenvalue weighted by atomic mass is 9.94. The first kappa shape index (κ1) is 13.7. The van der Waals surface area contributed by atoms with E-state index in [1.165, 1.54) is 27.3 Å². The van der Waals surface area contributed by atoms with E-state index in [9.17, 15) is 0 Å². The van der Waals surface area contributed by atoms with Crippen LogP contribution in [0, 0.1) is 0 Å². The average molecular weight is 333 g/mol. The van der Waals surface area contributed by atoms with Crippen molar-refractivity contribution in [3.05, 3.63) is 84.9 Å². The number of rotatable bonds is 1. The minimum absolute atomic E-state index is 0.920. The molecule has 0 bridgehead atoms. The van der Waals surface area contributed by atoms with Gasteiger partial charge >= 0.3 is 0 Å². The van der Waals surface area contributed by atoms with E-state index in [0.717, 1.165) is 27.6 Å². The lowest BCUT2D eigenvalue weighted by Gasteiger charge is -2.07. The molecule has 2 heteroatoms. The summed E-state index contributed by atoms with van der Waals surface area (Å²) in [6.07, 6.45) is 0. The summed E-state index contributed by atoms with van der Waals surface area (Å²) in [5.41, 5.74) is 6.55. The van der Waals surface area contributed by atoms with Crippen molar-refractivity contribution in [2.75, 3.05) is 0 Å². The van der Waals surface area contributed by atoms with Crippen molar-refractivity contribution in [1.82, 2.24) is 4.98 Å². The minimum atomic E-state index is 0.920. The maximum Gasteiger partial charge on any atom is 0.138 e. The highest BCUT2D eigenvalue weighted by atomic mass is 16.3. The molecule has 0 fully saturated rings. The van der Waals surface area contributed by atoms with E-state index in [1.54, 1.807) is 0 Å². The number of aromatic amines is 1. The Bertz CT molecular complexity index is 1330. The van der Waals surface area contributed by atoms with Crippen LogP contribution >= 0.6 is 0 Å². The predicted octanol–water partition coefficient (Wildman–Crippen LogP) is 6.89. The van der Waals surface area contributed by atoms with Crippen molar-refractivity contribution in [3.63, 3.8) is 0 Å². The molecular weight excluding hydrogens is 318 g/mol. The fourth-order valence-electron chi connectivity index (χ4n) is 4.11. The fourth-order valence-corrected chi connectivity index (χ4v) is 4.11. The minimum Gasteiger partial charge on any atom is -0.456 e. The highest BCUT2D eigenvalue weighted by Gasteiger charge is 2.18. The topological polar surface area (TPSA) is 28.9 Å². The number of nitrogens with one attached hydrogen (secondary N) is 1. The van der Waals surface area contributed by atoms with Crippen LogP contribution < -0.4 is 0 Å². The van der Waals surface area contributed by atoms with Crippen molar-refractivity contribution in [2.24, 2.45) is 0 Å². The molecule has 0 saturated carbocycles. The van der Waals surface area contributed by atoms with Crippen molar-refractivity contribution in [3.8, 4) is 11.1 Å². The van der Waals surface area contributed by atoms with Crippen molar-refractivity contribution < 1.29 is 4.42 Å². The predicted molar refractivity (Wildman–Crippen MR) is 109 cm³/mol. The Morgan fingerprint density at radius 2 is 1.31 bits per heavy atom. The van der Waals surface area contributed by atoms with Gasteiger partial charge in [-0.25, -0.2) is 0 Å². The van der Waals surface area contributed by atoms with Crippen LogP contribution in [0.15, 0.2) is 89.3 Å². The van der Waals surface area contributed by atoms with Crippen LogP contribution in [0.1, 0.15) is 0 Å². The number of para-hydroxylation sites is 2. The molecule has 2 heterocycles. The van der Waals surface area contributed by atoms with Gasteiger partial charge in [-0.2, -0.15) is 0 Å². The van der Waals surface area contributed by atoms with Crippen LogP contribution in [0.25, 0.3) is 54.9 Å². The van der Waals surface area contributed by atoms with E-state index in [0.29, 0.717) is 0 Å². The van der Waals surface area contributed by atoms with Gasteiger partial charge in [0.25, 0.3) is 0 Å². The second-order valence-corrected chi connectivity index (χ2v) is 6.68. The molecule has 0 unspecified atom stereocenters. The molecule has 0 atom stereocenters. The normalized spacial score (nSPS) is 11.8. The smallest absolute Gasteiger partial charge is 0.138 e. The summed E-state index contributed by atoms with van der Waals surface area (Å²) >= 11 is 0. The van der Waals surface area contributed by atoms with E-state index in [4.69, 9.17) is 4.42 Å². The van der Waals surface area contributed by atoms with Crippen molar-refractivity contribution in [2.45, 2.75) is 0 Å². The van der Waals surface area contributed by atoms with Gasteiger partial charge in [-0.3, -0.25) is 0 Å². The summed E-state index contributed by atoms with van der Waals surface area (Å²) in [6, 6.07) is 29.5. The SMILES string of the molecule is c1ccc(-c2c3c(cc4oc5ccccc5c24)[nH]c2ccccc23)cc1. The molecule has 0 aliphatic rings. The number of hydrogen-bond donors (Lipinski definition) is 1. The molecule has 122 valence electrons. The zero-order valence-corrected chi connectivity index (χ0v) is 14.0. The lowest BCUT2D eigenvalue weighted by molar-refractivity contribution is 0.669. The van der Waals surface area contributed by atoms with Gasteiger partial charge in [0.15, 0.2) is 0 Å². The molecule has 26 heavy (non-hydrogen) atoms. The van der Waals surface area contributed by atoms with Crippen molar-refractivity contribution in [1.29, 1.82) is 0 Å². The average Bonchev–Trinajstić information content (AvgIpc) is 3.24. The molecule has 2 aromatic heterocycles. The van der Waals surface area contributed by atoms with Gasteiger partial charge in [0.2, 0.25) is 0 Å². The molecule has 2 nitrogen and oxygen atoms in total. The Hall–Kier alpha value is -3.52. The highest BCUT2D eigenvalue weighted by Crippen LogP contribution is 2.43. The monoisotopic (exact) mass is 333 g/mol. The van der Waals surface area contributed by atoms with Crippen LogP contribution in [0.5, 0.6) is 0 Å². The third-order valence-corrected chi connectivity index (χ3v) is 5.20. The summed E-state index contributed by atoms with van der Waals surface area (Å²) in [5, 5.41) is 4.84. The number of furan rings is 1. The summed E-state index contributed by atoms with van der Waals surface area (Å²) in [5.74, 6) is 0. The van der Waals surface area contributed by atoms with Crippen LogP contribution in [-0.4, -0.2) is 4.98 Å². The van der Waals surface area contributed by atoms with Gasteiger partial charge in [-0.1, -0.05) is 66.7 Å². The Balaban J connectivity index is 1.95. The third kappa shape index (κ3) is 1.76. The molecule has 0 radical (unpaired) electrons. The molecule has 0 spiro atoms. The first-order valence-corrected chi connectivity index (χ1v) is 8.80. The largest absolute Gasteiger partial charge is 0.456 e.